The lowest BCUT2D eigenvalue weighted by atomic mass is 10.1. The largest absolute Gasteiger partial charge is 0.481 e. The van der Waals surface area contributed by atoms with Crippen molar-refractivity contribution in [2.24, 2.45) is 0 Å². The number of anilines is 3. The topological polar surface area (TPSA) is 141 Å². The predicted molar refractivity (Wildman–Crippen MR) is 137 cm³/mol. The molecule has 1 aromatic carbocycles. The molecule has 14 heteroatoms. The van der Waals surface area contributed by atoms with Gasteiger partial charge in [0.2, 0.25) is 5.88 Å². The van der Waals surface area contributed by atoms with Gasteiger partial charge in [0.25, 0.3) is 10.0 Å². The van der Waals surface area contributed by atoms with Gasteiger partial charge in [-0.25, -0.2) is 13.2 Å². The summed E-state index contributed by atoms with van der Waals surface area (Å²) in [6.45, 7) is 3.73. The van der Waals surface area contributed by atoms with E-state index < -0.39 is 16.0 Å². The first-order valence-electron chi connectivity index (χ1n) is 9.94. The smallest absolute Gasteiger partial charge is 0.341 e. The van der Waals surface area contributed by atoms with E-state index in [1.807, 2.05) is 13.8 Å². The first-order chi connectivity index (χ1) is 16.6. The van der Waals surface area contributed by atoms with Crippen LogP contribution in [0.15, 0.2) is 35.2 Å². The van der Waals surface area contributed by atoms with Crippen LogP contribution in [0.5, 0.6) is 11.9 Å². The summed E-state index contributed by atoms with van der Waals surface area (Å²) in [6.07, 6.45) is 0. The summed E-state index contributed by atoms with van der Waals surface area (Å²) in [7, 11) is 0.110. The number of aromatic nitrogens is 2. The minimum absolute atomic E-state index is 0.00374. The molecule has 0 spiro atoms. The van der Waals surface area contributed by atoms with Gasteiger partial charge in [0.15, 0.2) is 10.9 Å². The molecule has 3 rings (SSSR count). The van der Waals surface area contributed by atoms with Crippen molar-refractivity contribution in [3.05, 3.63) is 46.3 Å². The van der Waals surface area contributed by atoms with Crippen LogP contribution in [0.25, 0.3) is 0 Å². The zero-order valence-corrected chi connectivity index (χ0v) is 21.9. The number of benzene rings is 1. The number of ether oxygens (including phenoxy) is 3. The number of thiocarbonyl (C=S) groups is 1. The van der Waals surface area contributed by atoms with E-state index in [0.717, 1.165) is 10.4 Å². The molecule has 3 aromatic rings. The van der Waals surface area contributed by atoms with Crippen LogP contribution in [0.4, 0.5) is 16.5 Å². The van der Waals surface area contributed by atoms with Crippen molar-refractivity contribution < 1.29 is 27.4 Å². The minimum atomic E-state index is -3.95. The Bertz CT molecular complexity index is 1330. The fourth-order valence-corrected chi connectivity index (χ4v) is 5.22. The van der Waals surface area contributed by atoms with Crippen LogP contribution in [0.2, 0.25) is 0 Å². The maximum atomic E-state index is 12.8. The van der Waals surface area contributed by atoms with Crippen LogP contribution in [0.3, 0.4) is 0 Å². The van der Waals surface area contributed by atoms with Crippen molar-refractivity contribution in [1.82, 2.24) is 9.97 Å². The van der Waals surface area contributed by atoms with Gasteiger partial charge in [-0.2, -0.15) is 9.97 Å². The molecule has 0 radical (unpaired) electrons. The lowest BCUT2D eigenvalue weighted by Crippen LogP contribution is -2.20. The average molecular weight is 538 g/mol. The molecule has 3 N–H and O–H groups in total. The lowest BCUT2D eigenvalue weighted by molar-refractivity contribution is 0.0601. The molecule has 0 saturated heterocycles. The highest BCUT2D eigenvalue weighted by Gasteiger charge is 2.21. The minimum Gasteiger partial charge on any atom is -0.481 e. The van der Waals surface area contributed by atoms with Crippen molar-refractivity contribution in [1.29, 1.82) is 0 Å². The van der Waals surface area contributed by atoms with Gasteiger partial charge in [-0.15, -0.1) is 11.3 Å². The first kappa shape index (κ1) is 26.1. The highest BCUT2D eigenvalue weighted by Crippen LogP contribution is 2.33. The van der Waals surface area contributed by atoms with E-state index in [0.29, 0.717) is 16.3 Å². The van der Waals surface area contributed by atoms with E-state index in [1.165, 1.54) is 50.9 Å². The standard InChI is InChI=1S/C21H23N5O6S3/c1-11-12(2)34-18(17(11)19(27)31-4)25-21(33)22-13-6-8-14(9-7-13)35(28,29)26-15-10-16(30-3)24-20(23-15)32-5/h6-10H,1-5H3,(H2,22,25,33)(H,23,24,26). The summed E-state index contributed by atoms with van der Waals surface area (Å²) >= 11 is 6.74. The Kier molecular flexibility index (Phi) is 8.09. The molecule has 35 heavy (non-hydrogen) atoms. The number of rotatable bonds is 8. The lowest BCUT2D eigenvalue weighted by Gasteiger charge is -2.12. The van der Waals surface area contributed by atoms with E-state index in [2.05, 4.69) is 25.3 Å². The molecule has 0 saturated carbocycles. The van der Waals surface area contributed by atoms with Crippen LogP contribution < -0.4 is 24.8 Å². The molecule has 11 nitrogen and oxygen atoms in total. The molecule has 0 aliphatic carbocycles. The number of carbonyl (C=O) groups is 1. The van der Waals surface area contributed by atoms with Gasteiger partial charge < -0.3 is 24.8 Å². The summed E-state index contributed by atoms with van der Waals surface area (Å²) in [4.78, 5) is 21.0. The Morgan fingerprint density at radius 3 is 2.31 bits per heavy atom. The summed E-state index contributed by atoms with van der Waals surface area (Å²) in [5.41, 5.74) is 1.77. The number of esters is 1. The molecule has 0 unspecified atom stereocenters. The SMILES string of the molecule is COC(=O)c1c(NC(=S)Nc2ccc(S(=O)(=O)Nc3cc(OC)nc(OC)n3)cc2)sc(C)c1C. The van der Waals surface area contributed by atoms with Crippen LogP contribution in [0.1, 0.15) is 20.8 Å². The van der Waals surface area contributed by atoms with Crippen LogP contribution in [0, 0.1) is 13.8 Å². The molecule has 2 heterocycles. The summed E-state index contributed by atoms with van der Waals surface area (Å²) in [5.74, 6) is -0.330. The maximum absolute atomic E-state index is 12.8. The van der Waals surface area contributed by atoms with Crippen molar-refractivity contribution in [2.75, 3.05) is 36.7 Å². The second-order valence-electron chi connectivity index (χ2n) is 6.97. The molecule has 2 aromatic heterocycles. The van der Waals surface area contributed by atoms with Crippen molar-refractivity contribution in [3.63, 3.8) is 0 Å². The third-order valence-corrected chi connectivity index (χ3v) is 7.43. The van der Waals surface area contributed by atoms with Crippen LogP contribution in [-0.2, 0) is 14.8 Å². The van der Waals surface area contributed by atoms with Crippen molar-refractivity contribution in [2.45, 2.75) is 18.7 Å². The Morgan fingerprint density at radius 2 is 1.71 bits per heavy atom. The number of nitrogens with zero attached hydrogens (tertiary/aromatic N) is 2. The number of thiophene rings is 1. The van der Waals surface area contributed by atoms with Gasteiger partial charge >= 0.3 is 12.0 Å². The number of hydrogen-bond donors (Lipinski definition) is 3. The normalized spacial score (nSPS) is 10.9. The van der Waals surface area contributed by atoms with E-state index in [1.54, 1.807) is 12.1 Å². The molecule has 0 atom stereocenters. The van der Waals surface area contributed by atoms with Crippen molar-refractivity contribution in [3.8, 4) is 11.9 Å². The van der Waals surface area contributed by atoms with Crippen molar-refractivity contribution >= 4 is 61.2 Å². The number of aryl methyl sites for hydroxylation is 1. The molecule has 0 aliphatic rings. The third-order valence-electron chi connectivity index (χ3n) is 4.74. The van der Waals surface area contributed by atoms with Gasteiger partial charge in [0.05, 0.1) is 31.8 Å². The third kappa shape index (κ3) is 6.15. The maximum Gasteiger partial charge on any atom is 0.341 e. The number of hydrogen-bond acceptors (Lipinski definition) is 10. The van der Waals surface area contributed by atoms with Crippen LogP contribution in [-0.4, -0.2) is 50.8 Å². The highest BCUT2D eigenvalue weighted by molar-refractivity contribution is 7.92. The van der Waals surface area contributed by atoms with E-state index in [4.69, 9.17) is 26.4 Å². The zero-order chi connectivity index (χ0) is 25.8. The predicted octanol–water partition coefficient (Wildman–Crippen LogP) is 3.57. The molecular weight excluding hydrogens is 514 g/mol. The van der Waals surface area contributed by atoms with Gasteiger partial charge in [0.1, 0.15) is 5.00 Å². The number of carbonyl (C=O) groups excluding carboxylic acids is 1. The van der Waals surface area contributed by atoms with Gasteiger partial charge in [0, 0.05) is 16.6 Å². The zero-order valence-electron chi connectivity index (χ0n) is 19.5. The first-order valence-corrected chi connectivity index (χ1v) is 12.6. The molecule has 0 aliphatic heterocycles. The van der Waals surface area contributed by atoms with Gasteiger partial charge in [-0.05, 0) is 55.9 Å². The Balaban J connectivity index is 1.72. The second-order valence-corrected chi connectivity index (χ2v) is 10.3. The number of nitrogens with one attached hydrogen (secondary N) is 3. The van der Waals surface area contributed by atoms with Gasteiger partial charge in [-0.3, -0.25) is 4.72 Å². The fraction of sp³-hybridized carbons (Fsp3) is 0.238. The molecule has 0 amide bonds. The second kappa shape index (κ2) is 10.8. The summed E-state index contributed by atoms with van der Waals surface area (Å²) < 4.78 is 42.8. The van der Waals surface area contributed by atoms with E-state index in [-0.39, 0.29) is 27.7 Å². The Labute approximate surface area is 211 Å². The molecule has 186 valence electrons. The molecular formula is C21H23N5O6S3. The molecule has 0 fully saturated rings. The summed E-state index contributed by atoms with van der Waals surface area (Å²) in [5, 5.41) is 6.76. The molecule has 0 bridgehead atoms. The Morgan fingerprint density at radius 1 is 1.03 bits per heavy atom. The Hall–Kier alpha value is -3.49. The number of sulfonamides is 1. The quantitative estimate of drug-likeness (QED) is 0.287. The average Bonchev–Trinajstić information content (AvgIpc) is 3.10. The fourth-order valence-electron chi connectivity index (χ4n) is 2.89. The summed E-state index contributed by atoms with van der Waals surface area (Å²) in [6, 6.07) is 7.20. The highest BCUT2D eigenvalue weighted by atomic mass is 32.2. The van der Waals surface area contributed by atoms with E-state index in [9.17, 15) is 13.2 Å². The van der Waals surface area contributed by atoms with Crippen LogP contribution >= 0.6 is 23.6 Å². The monoisotopic (exact) mass is 537 g/mol. The van der Waals surface area contributed by atoms with E-state index >= 15 is 0 Å². The van der Waals surface area contributed by atoms with Gasteiger partial charge in [-0.1, -0.05) is 0 Å². The number of methoxy groups -OCH3 is 3.